The summed E-state index contributed by atoms with van der Waals surface area (Å²) in [6.07, 6.45) is 3.25. The van der Waals surface area contributed by atoms with E-state index in [1.165, 1.54) is 12.8 Å². The van der Waals surface area contributed by atoms with Crippen molar-refractivity contribution in [3.8, 4) is 0 Å². The minimum atomic E-state index is 0.107. The molecule has 0 aromatic rings. The predicted octanol–water partition coefficient (Wildman–Crippen LogP) is 1.65. The molecule has 106 valence electrons. The largest absolute Gasteiger partial charge is 0.374 e. The van der Waals surface area contributed by atoms with Crippen LogP contribution in [0.2, 0.25) is 0 Å². The maximum atomic E-state index is 11.2. The van der Waals surface area contributed by atoms with Gasteiger partial charge in [-0.1, -0.05) is 20.8 Å². The lowest BCUT2D eigenvalue weighted by atomic mass is 10.1. The second kappa shape index (κ2) is 8.48. The van der Waals surface area contributed by atoms with Gasteiger partial charge in [0.2, 0.25) is 5.91 Å². The van der Waals surface area contributed by atoms with Crippen molar-refractivity contribution < 1.29 is 9.53 Å². The van der Waals surface area contributed by atoms with Crippen LogP contribution >= 0.6 is 0 Å². The summed E-state index contributed by atoms with van der Waals surface area (Å²) in [5.41, 5.74) is 0. The van der Waals surface area contributed by atoms with E-state index in [2.05, 4.69) is 24.1 Å². The zero-order valence-electron chi connectivity index (χ0n) is 12.1. The molecule has 0 spiro atoms. The highest BCUT2D eigenvalue weighted by molar-refractivity contribution is 5.75. The normalized spacial score (nSPS) is 21.2. The molecule has 0 radical (unpaired) electrons. The minimum Gasteiger partial charge on any atom is -0.374 e. The van der Waals surface area contributed by atoms with Gasteiger partial charge < -0.3 is 10.1 Å². The fourth-order valence-electron chi connectivity index (χ4n) is 2.18. The van der Waals surface area contributed by atoms with Crippen LogP contribution in [0, 0.1) is 5.92 Å². The predicted molar refractivity (Wildman–Crippen MR) is 73.6 cm³/mol. The summed E-state index contributed by atoms with van der Waals surface area (Å²) in [5, 5.41) is 2.91. The Bertz CT molecular complexity index is 244. The Labute approximate surface area is 111 Å². The fourth-order valence-corrected chi connectivity index (χ4v) is 2.18. The number of rotatable bonds is 7. The zero-order chi connectivity index (χ0) is 13.4. The molecule has 1 aliphatic rings. The second-order valence-corrected chi connectivity index (χ2v) is 5.49. The van der Waals surface area contributed by atoms with Crippen LogP contribution in [-0.4, -0.2) is 49.7 Å². The summed E-state index contributed by atoms with van der Waals surface area (Å²) in [6, 6.07) is 0. The molecule has 0 saturated carbocycles. The van der Waals surface area contributed by atoms with Crippen LogP contribution in [0.5, 0.6) is 0 Å². The molecule has 0 bridgehead atoms. The van der Waals surface area contributed by atoms with Gasteiger partial charge in [-0.05, 0) is 25.3 Å². The molecular formula is C14H28N2O2. The average molecular weight is 256 g/mol. The Hall–Kier alpha value is -0.610. The van der Waals surface area contributed by atoms with E-state index in [9.17, 15) is 4.79 Å². The van der Waals surface area contributed by atoms with Gasteiger partial charge in [0.1, 0.15) is 0 Å². The molecule has 1 fully saturated rings. The molecule has 1 aliphatic heterocycles. The standard InChI is InChI=1S/C14H28N2O2/c1-4-14(17)15-10-13-11-16(8-9-18-13)7-5-6-12(2)3/h12-13H,4-11H2,1-3H3,(H,15,17). The first-order valence-electron chi connectivity index (χ1n) is 7.22. The monoisotopic (exact) mass is 256 g/mol. The molecule has 1 N–H and O–H groups in total. The number of amides is 1. The number of morpholine rings is 1. The smallest absolute Gasteiger partial charge is 0.219 e. The van der Waals surface area contributed by atoms with Crippen LogP contribution in [0.4, 0.5) is 0 Å². The maximum absolute atomic E-state index is 11.2. The van der Waals surface area contributed by atoms with Crippen molar-refractivity contribution in [1.82, 2.24) is 10.2 Å². The Morgan fingerprint density at radius 3 is 2.94 bits per heavy atom. The van der Waals surface area contributed by atoms with E-state index in [-0.39, 0.29) is 12.0 Å². The van der Waals surface area contributed by atoms with E-state index in [1.807, 2.05) is 6.92 Å². The van der Waals surface area contributed by atoms with Gasteiger partial charge in [0.25, 0.3) is 0 Å². The van der Waals surface area contributed by atoms with E-state index in [1.54, 1.807) is 0 Å². The molecular weight excluding hydrogens is 228 g/mol. The molecule has 1 unspecified atom stereocenters. The number of carbonyl (C=O) groups is 1. The zero-order valence-corrected chi connectivity index (χ0v) is 12.1. The molecule has 4 heteroatoms. The van der Waals surface area contributed by atoms with Crippen LogP contribution in [-0.2, 0) is 9.53 Å². The highest BCUT2D eigenvalue weighted by Gasteiger charge is 2.20. The third kappa shape index (κ3) is 6.36. The third-order valence-electron chi connectivity index (χ3n) is 3.33. The molecule has 1 saturated heterocycles. The van der Waals surface area contributed by atoms with Crippen molar-refractivity contribution in [3.05, 3.63) is 0 Å². The number of hydrogen-bond donors (Lipinski definition) is 1. The number of nitrogens with zero attached hydrogens (tertiary/aromatic N) is 1. The lowest BCUT2D eigenvalue weighted by Gasteiger charge is -2.33. The summed E-state index contributed by atoms with van der Waals surface area (Å²) >= 11 is 0. The molecule has 1 amide bonds. The molecule has 0 aromatic heterocycles. The van der Waals surface area contributed by atoms with Gasteiger partial charge in [0, 0.05) is 26.1 Å². The lowest BCUT2D eigenvalue weighted by Crippen LogP contribution is -2.47. The molecule has 4 nitrogen and oxygen atoms in total. The van der Waals surface area contributed by atoms with E-state index < -0.39 is 0 Å². The first-order chi connectivity index (χ1) is 8.61. The summed E-state index contributed by atoms with van der Waals surface area (Å²) in [5.74, 6) is 0.890. The van der Waals surface area contributed by atoms with Gasteiger partial charge in [0.05, 0.1) is 12.7 Å². The van der Waals surface area contributed by atoms with Crippen molar-refractivity contribution >= 4 is 5.91 Å². The Balaban J connectivity index is 2.17. The average Bonchev–Trinajstić information content (AvgIpc) is 2.36. The van der Waals surface area contributed by atoms with Crippen molar-refractivity contribution in [3.63, 3.8) is 0 Å². The lowest BCUT2D eigenvalue weighted by molar-refractivity contribution is -0.122. The van der Waals surface area contributed by atoms with E-state index in [0.717, 1.165) is 32.2 Å². The van der Waals surface area contributed by atoms with Gasteiger partial charge in [-0.15, -0.1) is 0 Å². The van der Waals surface area contributed by atoms with E-state index in [0.29, 0.717) is 13.0 Å². The molecule has 0 aliphatic carbocycles. The van der Waals surface area contributed by atoms with Crippen LogP contribution in [0.25, 0.3) is 0 Å². The second-order valence-electron chi connectivity index (χ2n) is 5.49. The van der Waals surface area contributed by atoms with Gasteiger partial charge >= 0.3 is 0 Å². The SMILES string of the molecule is CCC(=O)NCC1CN(CCCC(C)C)CCO1. The van der Waals surface area contributed by atoms with Crippen molar-refractivity contribution in [2.75, 3.05) is 32.8 Å². The first kappa shape index (κ1) is 15.4. The topological polar surface area (TPSA) is 41.6 Å². The maximum Gasteiger partial charge on any atom is 0.219 e. The van der Waals surface area contributed by atoms with E-state index >= 15 is 0 Å². The Morgan fingerprint density at radius 1 is 1.50 bits per heavy atom. The highest BCUT2D eigenvalue weighted by Crippen LogP contribution is 2.09. The van der Waals surface area contributed by atoms with Crippen molar-refractivity contribution in [2.24, 2.45) is 5.92 Å². The van der Waals surface area contributed by atoms with Crippen molar-refractivity contribution in [2.45, 2.75) is 46.1 Å². The Morgan fingerprint density at radius 2 is 2.28 bits per heavy atom. The van der Waals surface area contributed by atoms with Gasteiger partial charge in [0.15, 0.2) is 0 Å². The first-order valence-corrected chi connectivity index (χ1v) is 7.22. The number of hydrogen-bond acceptors (Lipinski definition) is 3. The summed E-state index contributed by atoms with van der Waals surface area (Å²) in [4.78, 5) is 13.7. The summed E-state index contributed by atoms with van der Waals surface area (Å²) in [6.45, 7) is 11.0. The van der Waals surface area contributed by atoms with Gasteiger partial charge in [-0.3, -0.25) is 9.69 Å². The van der Waals surface area contributed by atoms with E-state index in [4.69, 9.17) is 4.74 Å². The summed E-state index contributed by atoms with van der Waals surface area (Å²) < 4.78 is 5.67. The van der Waals surface area contributed by atoms with Gasteiger partial charge in [-0.2, -0.15) is 0 Å². The fraction of sp³-hybridized carbons (Fsp3) is 0.929. The van der Waals surface area contributed by atoms with Crippen LogP contribution in [0.15, 0.2) is 0 Å². The number of carbonyl (C=O) groups excluding carboxylic acids is 1. The number of nitrogens with one attached hydrogen (secondary N) is 1. The highest BCUT2D eigenvalue weighted by atomic mass is 16.5. The van der Waals surface area contributed by atoms with Gasteiger partial charge in [-0.25, -0.2) is 0 Å². The number of ether oxygens (including phenoxy) is 1. The molecule has 0 aromatic carbocycles. The third-order valence-corrected chi connectivity index (χ3v) is 3.33. The van der Waals surface area contributed by atoms with Crippen LogP contribution < -0.4 is 5.32 Å². The van der Waals surface area contributed by atoms with Crippen LogP contribution in [0.1, 0.15) is 40.0 Å². The summed E-state index contributed by atoms with van der Waals surface area (Å²) in [7, 11) is 0. The minimum absolute atomic E-state index is 0.107. The quantitative estimate of drug-likeness (QED) is 0.753. The molecule has 1 rings (SSSR count). The molecule has 18 heavy (non-hydrogen) atoms. The molecule has 1 atom stereocenters. The van der Waals surface area contributed by atoms with Crippen LogP contribution in [0.3, 0.4) is 0 Å². The van der Waals surface area contributed by atoms with Crippen molar-refractivity contribution in [1.29, 1.82) is 0 Å². The Kier molecular flexibility index (Phi) is 7.28. The molecule has 1 heterocycles.